The number of aliphatic hydroxyl groups is 1. The number of ether oxygens (including phenoxy) is 2. The molecule has 2 aromatic carbocycles. The number of benzene rings is 2. The Morgan fingerprint density at radius 1 is 1.05 bits per heavy atom. The Balaban J connectivity index is 1.91. The Morgan fingerprint density at radius 3 is 2.24 bits per heavy atom. The first-order chi connectivity index (χ1) is 10.1. The predicted octanol–water partition coefficient (Wildman–Crippen LogP) is 4.10. The van der Waals surface area contributed by atoms with Crippen molar-refractivity contribution in [3.8, 4) is 5.75 Å². The van der Waals surface area contributed by atoms with Gasteiger partial charge in [-0.15, -0.1) is 0 Å². The molecular weight excluding hydrogens is 332 g/mol. The van der Waals surface area contributed by atoms with Crippen molar-refractivity contribution in [2.45, 2.75) is 25.7 Å². The molecule has 0 saturated carbocycles. The normalized spacial score (nSPS) is 13.7. The molecule has 0 saturated heterocycles. The molecule has 0 aliphatic carbocycles. The van der Waals surface area contributed by atoms with Crippen LogP contribution in [0.5, 0.6) is 5.75 Å². The Labute approximate surface area is 133 Å². The monoisotopic (exact) mass is 350 g/mol. The second-order valence-electron chi connectivity index (χ2n) is 4.86. The van der Waals surface area contributed by atoms with Crippen LogP contribution in [-0.2, 0) is 11.3 Å². The van der Waals surface area contributed by atoms with Gasteiger partial charge in [-0.2, -0.15) is 0 Å². The van der Waals surface area contributed by atoms with Crippen molar-refractivity contribution in [3.63, 3.8) is 0 Å². The van der Waals surface area contributed by atoms with Gasteiger partial charge in [-0.25, -0.2) is 0 Å². The van der Waals surface area contributed by atoms with Gasteiger partial charge >= 0.3 is 0 Å². The lowest BCUT2D eigenvalue weighted by Crippen LogP contribution is -2.18. The average Bonchev–Trinajstić information content (AvgIpc) is 2.53. The Bertz CT molecular complexity index is 551. The summed E-state index contributed by atoms with van der Waals surface area (Å²) in [5.41, 5.74) is 1.89. The molecule has 0 amide bonds. The third kappa shape index (κ3) is 4.56. The topological polar surface area (TPSA) is 38.7 Å². The zero-order chi connectivity index (χ0) is 15.2. The van der Waals surface area contributed by atoms with Gasteiger partial charge in [-0.3, -0.25) is 0 Å². The van der Waals surface area contributed by atoms with Gasteiger partial charge in [0.25, 0.3) is 0 Å². The van der Waals surface area contributed by atoms with Crippen LogP contribution in [0.1, 0.15) is 24.2 Å². The largest absolute Gasteiger partial charge is 0.497 e. The first kappa shape index (κ1) is 16.0. The lowest BCUT2D eigenvalue weighted by molar-refractivity contribution is -0.0364. The number of aliphatic hydroxyl groups excluding tert-OH is 1. The molecule has 1 N–H and O–H groups in total. The molecule has 0 fully saturated rings. The fourth-order valence-corrected chi connectivity index (χ4v) is 2.24. The highest BCUT2D eigenvalue weighted by Gasteiger charge is 2.16. The molecule has 0 spiro atoms. The average molecular weight is 351 g/mol. The van der Waals surface area contributed by atoms with E-state index in [1.165, 1.54) is 0 Å². The van der Waals surface area contributed by atoms with Crippen LogP contribution in [0, 0.1) is 0 Å². The highest BCUT2D eigenvalue weighted by Crippen LogP contribution is 2.22. The van der Waals surface area contributed by atoms with Crippen molar-refractivity contribution in [3.05, 3.63) is 64.1 Å². The van der Waals surface area contributed by atoms with Gasteiger partial charge in [-0.1, -0.05) is 40.2 Å². The van der Waals surface area contributed by atoms with Gasteiger partial charge in [0, 0.05) is 4.47 Å². The van der Waals surface area contributed by atoms with Crippen molar-refractivity contribution < 1.29 is 14.6 Å². The minimum atomic E-state index is -0.642. The van der Waals surface area contributed by atoms with E-state index in [4.69, 9.17) is 9.47 Å². The van der Waals surface area contributed by atoms with E-state index in [-0.39, 0.29) is 6.10 Å². The molecule has 2 rings (SSSR count). The van der Waals surface area contributed by atoms with Gasteiger partial charge in [-0.05, 0) is 42.3 Å². The number of hydrogen-bond acceptors (Lipinski definition) is 3. The number of hydrogen-bond donors (Lipinski definition) is 1. The summed E-state index contributed by atoms with van der Waals surface area (Å²) < 4.78 is 11.9. The molecule has 112 valence electrons. The molecule has 3 nitrogen and oxygen atoms in total. The number of methoxy groups -OCH3 is 1. The quantitative estimate of drug-likeness (QED) is 0.852. The van der Waals surface area contributed by atoms with Crippen LogP contribution >= 0.6 is 15.9 Å². The van der Waals surface area contributed by atoms with Gasteiger partial charge in [0.05, 0.1) is 19.8 Å². The highest BCUT2D eigenvalue weighted by atomic mass is 79.9. The minimum absolute atomic E-state index is 0.284. The van der Waals surface area contributed by atoms with Gasteiger partial charge in [0.1, 0.15) is 11.9 Å². The fourth-order valence-electron chi connectivity index (χ4n) is 1.97. The molecule has 21 heavy (non-hydrogen) atoms. The van der Waals surface area contributed by atoms with Crippen LogP contribution in [0.25, 0.3) is 0 Å². The molecule has 2 atom stereocenters. The summed E-state index contributed by atoms with van der Waals surface area (Å²) >= 11 is 3.38. The van der Waals surface area contributed by atoms with Crippen molar-refractivity contribution in [2.24, 2.45) is 0 Å². The first-order valence-electron chi connectivity index (χ1n) is 6.78. The van der Waals surface area contributed by atoms with Crippen molar-refractivity contribution >= 4 is 15.9 Å². The van der Waals surface area contributed by atoms with Crippen molar-refractivity contribution in [2.75, 3.05) is 7.11 Å². The summed E-state index contributed by atoms with van der Waals surface area (Å²) in [5, 5.41) is 10.3. The number of halogens is 1. The zero-order valence-electron chi connectivity index (χ0n) is 12.1. The van der Waals surface area contributed by atoms with E-state index in [0.717, 1.165) is 21.3 Å². The smallest absolute Gasteiger partial charge is 0.118 e. The Morgan fingerprint density at radius 2 is 1.67 bits per heavy atom. The van der Waals surface area contributed by atoms with Crippen LogP contribution < -0.4 is 4.74 Å². The van der Waals surface area contributed by atoms with Crippen LogP contribution in [-0.4, -0.2) is 18.3 Å². The van der Waals surface area contributed by atoms with Gasteiger partial charge in [0.2, 0.25) is 0 Å². The van der Waals surface area contributed by atoms with Crippen LogP contribution in [0.15, 0.2) is 53.0 Å². The van der Waals surface area contributed by atoms with Crippen molar-refractivity contribution in [1.29, 1.82) is 0 Å². The third-order valence-corrected chi connectivity index (χ3v) is 3.86. The van der Waals surface area contributed by atoms with Crippen LogP contribution in [0.4, 0.5) is 0 Å². The predicted molar refractivity (Wildman–Crippen MR) is 86.3 cm³/mol. The second-order valence-corrected chi connectivity index (χ2v) is 5.78. The van der Waals surface area contributed by atoms with Gasteiger partial charge in [0.15, 0.2) is 0 Å². The minimum Gasteiger partial charge on any atom is -0.497 e. The molecule has 0 aromatic heterocycles. The Kier molecular flexibility index (Phi) is 5.79. The maximum Gasteiger partial charge on any atom is 0.118 e. The molecule has 2 unspecified atom stereocenters. The summed E-state index contributed by atoms with van der Waals surface area (Å²) in [6.45, 7) is 2.33. The standard InChI is InChI=1S/C17H19BrO3/c1-12(17(19)14-5-7-15(18)8-6-14)21-11-13-3-9-16(20-2)10-4-13/h3-10,12,17,19H,11H2,1-2H3. The van der Waals surface area contributed by atoms with E-state index in [9.17, 15) is 5.11 Å². The van der Waals surface area contributed by atoms with E-state index >= 15 is 0 Å². The summed E-state index contributed by atoms with van der Waals surface area (Å²) in [5.74, 6) is 0.821. The van der Waals surface area contributed by atoms with E-state index in [0.29, 0.717) is 6.61 Å². The van der Waals surface area contributed by atoms with E-state index in [1.807, 2.05) is 55.5 Å². The summed E-state index contributed by atoms with van der Waals surface area (Å²) in [4.78, 5) is 0. The second kappa shape index (κ2) is 7.59. The number of rotatable bonds is 6. The van der Waals surface area contributed by atoms with E-state index in [1.54, 1.807) is 7.11 Å². The molecule has 0 radical (unpaired) electrons. The molecule has 2 aromatic rings. The molecule has 0 bridgehead atoms. The molecule has 0 aliphatic heterocycles. The Hall–Kier alpha value is -1.36. The maximum atomic E-state index is 10.3. The van der Waals surface area contributed by atoms with Crippen molar-refractivity contribution in [1.82, 2.24) is 0 Å². The zero-order valence-corrected chi connectivity index (χ0v) is 13.7. The fraction of sp³-hybridized carbons (Fsp3) is 0.294. The maximum absolute atomic E-state index is 10.3. The van der Waals surface area contributed by atoms with Crippen LogP contribution in [0.3, 0.4) is 0 Å². The van der Waals surface area contributed by atoms with E-state index in [2.05, 4.69) is 15.9 Å². The van der Waals surface area contributed by atoms with E-state index < -0.39 is 6.10 Å². The SMILES string of the molecule is COc1ccc(COC(C)C(O)c2ccc(Br)cc2)cc1. The molecule has 0 aliphatic rings. The summed E-state index contributed by atoms with van der Waals surface area (Å²) in [6.07, 6.45) is -0.926. The van der Waals surface area contributed by atoms with Crippen LogP contribution in [0.2, 0.25) is 0 Å². The van der Waals surface area contributed by atoms with Gasteiger partial charge < -0.3 is 14.6 Å². The third-order valence-electron chi connectivity index (χ3n) is 3.33. The molecule has 4 heteroatoms. The lowest BCUT2D eigenvalue weighted by Gasteiger charge is -2.20. The lowest BCUT2D eigenvalue weighted by atomic mass is 10.1. The molecule has 0 heterocycles. The summed E-state index contributed by atoms with van der Waals surface area (Å²) in [7, 11) is 1.64. The highest BCUT2D eigenvalue weighted by molar-refractivity contribution is 9.10. The molecular formula is C17H19BrO3. The summed E-state index contributed by atoms with van der Waals surface area (Å²) in [6, 6.07) is 15.3. The first-order valence-corrected chi connectivity index (χ1v) is 7.57.